The van der Waals surface area contributed by atoms with E-state index in [9.17, 15) is 4.39 Å². The number of anilines is 2. The molecule has 1 N–H and O–H groups in total. The molecule has 4 rings (SSSR count). The molecule has 4 heteroatoms. The molecule has 1 saturated heterocycles. The Balaban J connectivity index is 1.57. The number of piperidine rings is 1. The van der Waals surface area contributed by atoms with Crippen LogP contribution in [0.5, 0.6) is 0 Å². The van der Waals surface area contributed by atoms with Crippen LogP contribution in [0.4, 0.5) is 15.8 Å². The highest BCUT2D eigenvalue weighted by atomic mass is 19.1. The number of benzene rings is 1. The molecule has 1 saturated carbocycles. The van der Waals surface area contributed by atoms with Crippen LogP contribution in [0.25, 0.3) is 0 Å². The number of hydrogen-bond acceptors (Lipinski definition) is 3. The predicted molar refractivity (Wildman–Crippen MR) is 84.6 cm³/mol. The number of nitrogens with one attached hydrogen (secondary N) is 1. The average Bonchev–Trinajstić information content (AvgIpc) is 3.33. The summed E-state index contributed by atoms with van der Waals surface area (Å²) in [7, 11) is 0. The molecule has 0 unspecified atom stereocenters. The number of nitrogens with zero attached hydrogens (tertiary/aromatic N) is 2. The summed E-state index contributed by atoms with van der Waals surface area (Å²) in [6.07, 6.45) is 5.08. The summed E-state index contributed by atoms with van der Waals surface area (Å²) in [5.74, 6) is 0.636. The first-order valence-electron chi connectivity index (χ1n) is 8.33. The van der Waals surface area contributed by atoms with E-state index in [2.05, 4.69) is 15.1 Å². The van der Waals surface area contributed by atoms with Crippen LogP contribution in [0.1, 0.15) is 25.7 Å². The molecule has 114 valence electrons. The molecule has 2 heterocycles. The molecule has 0 atom stereocenters. The van der Waals surface area contributed by atoms with Crippen molar-refractivity contribution in [2.24, 2.45) is 5.92 Å². The second-order valence-electron chi connectivity index (χ2n) is 6.70. The summed E-state index contributed by atoms with van der Waals surface area (Å²) >= 11 is 0. The van der Waals surface area contributed by atoms with Gasteiger partial charge in [-0.25, -0.2) is 4.39 Å². The van der Waals surface area contributed by atoms with E-state index >= 15 is 0 Å². The van der Waals surface area contributed by atoms with Crippen molar-refractivity contribution in [1.29, 1.82) is 0 Å². The van der Waals surface area contributed by atoms with Gasteiger partial charge in [0.25, 0.3) is 0 Å². The van der Waals surface area contributed by atoms with Crippen molar-refractivity contribution in [3.05, 3.63) is 24.0 Å². The first-order chi connectivity index (χ1) is 10.3. The van der Waals surface area contributed by atoms with E-state index in [4.69, 9.17) is 0 Å². The summed E-state index contributed by atoms with van der Waals surface area (Å²) in [6.45, 7) is 5.47. The van der Waals surface area contributed by atoms with Gasteiger partial charge in [-0.2, -0.15) is 0 Å². The lowest BCUT2D eigenvalue weighted by Crippen LogP contribution is -2.45. The van der Waals surface area contributed by atoms with Gasteiger partial charge in [0.05, 0.1) is 11.4 Å². The zero-order valence-corrected chi connectivity index (χ0v) is 12.5. The minimum atomic E-state index is -0.110. The fourth-order valence-corrected chi connectivity index (χ4v) is 3.79. The van der Waals surface area contributed by atoms with Crippen LogP contribution in [0.3, 0.4) is 0 Å². The van der Waals surface area contributed by atoms with Gasteiger partial charge in [0.1, 0.15) is 5.82 Å². The van der Waals surface area contributed by atoms with Gasteiger partial charge < -0.3 is 15.1 Å². The molecule has 1 aliphatic carbocycles. The van der Waals surface area contributed by atoms with Gasteiger partial charge in [0.15, 0.2) is 0 Å². The molecule has 1 aromatic rings. The van der Waals surface area contributed by atoms with Crippen molar-refractivity contribution in [3.8, 4) is 0 Å². The van der Waals surface area contributed by atoms with E-state index in [0.717, 1.165) is 44.3 Å². The molecule has 3 aliphatic rings. The minimum Gasteiger partial charge on any atom is -0.368 e. The fraction of sp³-hybridized carbons (Fsp3) is 0.647. The normalized spacial score (nSPS) is 23.3. The van der Waals surface area contributed by atoms with E-state index in [1.54, 1.807) is 12.1 Å². The number of hydrogen-bond donors (Lipinski definition) is 1. The molecule has 0 aromatic heterocycles. The minimum absolute atomic E-state index is 0.110. The van der Waals surface area contributed by atoms with Crippen LogP contribution in [-0.2, 0) is 0 Å². The Labute approximate surface area is 126 Å². The molecule has 21 heavy (non-hydrogen) atoms. The van der Waals surface area contributed by atoms with Crippen LogP contribution in [-0.4, -0.2) is 38.8 Å². The quantitative estimate of drug-likeness (QED) is 0.923. The Kier molecular flexibility index (Phi) is 3.49. The van der Waals surface area contributed by atoms with Gasteiger partial charge >= 0.3 is 0 Å². The third-order valence-corrected chi connectivity index (χ3v) is 5.12. The van der Waals surface area contributed by atoms with Crippen LogP contribution in [0, 0.1) is 11.7 Å². The van der Waals surface area contributed by atoms with E-state index in [-0.39, 0.29) is 5.82 Å². The second-order valence-corrected chi connectivity index (χ2v) is 6.70. The van der Waals surface area contributed by atoms with Gasteiger partial charge in [-0.3, -0.25) is 0 Å². The lowest BCUT2D eigenvalue weighted by molar-refractivity contribution is 0.372. The number of rotatable bonds is 3. The topological polar surface area (TPSA) is 18.5 Å². The smallest absolute Gasteiger partial charge is 0.125 e. The van der Waals surface area contributed by atoms with Crippen molar-refractivity contribution >= 4 is 11.4 Å². The number of fused-ring (bicyclic) bond motifs is 1. The van der Waals surface area contributed by atoms with Gasteiger partial charge in [-0.15, -0.1) is 0 Å². The Hall–Kier alpha value is -1.29. The number of halogens is 1. The maximum atomic E-state index is 13.7. The first-order valence-corrected chi connectivity index (χ1v) is 8.33. The third-order valence-electron chi connectivity index (χ3n) is 5.12. The molecule has 3 nitrogen and oxygen atoms in total. The first kappa shape index (κ1) is 13.4. The summed E-state index contributed by atoms with van der Waals surface area (Å²) in [6, 6.07) is 6.04. The highest BCUT2D eigenvalue weighted by Gasteiger charge is 2.34. The van der Waals surface area contributed by atoms with Crippen LogP contribution in [0.2, 0.25) is 0 Å². The maximum Gasteiger partial charge on any atom is 0.125 e. The zero-order valence-electron chi connectivity index (χ0n) is 12.5. The lowest BCUT2D eigenvalue weighted by Gasteiger charge is -2.41. The summed E-state index contributed by atoms with van der Waals surface area (Å²) < 4.78 is 13.7. The van der Waals surface area contributed by atoms with Gasteiger partial charge in [-0.1, -0.05) is 0 Å². The molecule has 0 radical (unpaired) electrons. The van der Waals surface area contributed by atoms with Crippen LogP contribution >= 0.6 is 0 Å². The molecule has 1 aromatic carbocycles. The van der Waals surface area contributed by atoms with Crippen molar-refractivity contribution in [1.82, 2.24) is 5.32 Å². The lowest BCUT2D eigenvalue weighted by atomic mass is 9.96. The highest BCUT2D eigenvalue weighted by molar-refractivity contribution is 5.74. The summed E-state index contributed by atoms with van der Waals surface area (Å²) in [5, 5.41) is 3.42. The van der Waals surface area contributed by atoms with Crippen molar-refractivity contribution in [3.63, 3.8) is 0 Å². The maximum absolute atomic E-state index is 13.7. The molecule has 0 amide bonds. The van der Waals surface area contributed by atoms with E-state index in [0.29, 0.717) is 6.04 Å². The third kappa shape index (κ3) is 2.73. The second kappa shape index (κ2) is 5.48. The Morgan fingerprint density at radius 2 is 1.86 bits per heavy atom. The Bertz CT molecular complexity index is 509. The average molecular weight is 289 g/mol. The van der Waals surface area contributed by atoms with Gasteiger partial charge in [0, 0.05) is 25.7 Å². The monoisotopic (exact) mass is 289 g/mol. The van der Waals surface area contributed by atoms with E-state index < -0.39 is 0 Å². The standard InChI is InChI=1S/C17H24FN3/c18-14-1-4-16-17(11-14)20(9-10-21(16)15-2-3-15)12-13-5-7-19-8-6-13/h1,4,11,13,15,19H,2-3,5-10,12H2. The molecule has 2 fully saturated rings. The predicted octanol–water partition coefficient (Wildman–Crippen LogP) is 2.61. The summed E-state index contributed by atoms with van der Waals surface area (Å²) in [4.78, 5) is 4.92. The van der Waals surface area contributed by atoms with Crippen molar-refractivity contribution in [2.75, 3.05) is 42.5 Å². The zero-order chi connectivity index (χ0) is 14.2. The van der Waals surface area contributed by atoms with Gasteiger partial charge in [0.2, 0.25) is 0 Å². The molecule has 0 bridgehead atoms. The molecule has 2 aliphatic heterocycles. The van der Waals surface area contributed by atoms with Crippen LogP contribution < -0.4 is 15.1 Å². The Morgan fingerprint density at radius 3 is 2.62 bits per heavy atom. The molecular weight excluding hydrogens is 265 g/mol. The summed E-state index contributed by atoms with van der Waals surface area (Å²) in [5.41, 5.74) is 2.37. The Morgan fingerprint density at radius 1 is 1.05 bits per heavy atom. The van der Waals surface area contributed by atoms with Crippen LogP contribution in [0.15, 0.2) is 18.2 Å². The van der Waals surface area contributed by atoms with Crippen molar-refractivity contribution < 1.29 is 4.39 Å². The fourth-order valence-electron chi connectivity index (χ4n) is 3.79. The van der Waals surface area contributed by atoms with E-state index in [1.165, 1.54) is 31.4 Å². The SMILES string of the molecule is Fc1ccc2c(c1)N(CC1CCNCC1)CCN2C1CC1. The van der Waals surface area contributed by atoms with E-state index in [1.807, 2.05) is 6.07 Å². The van der Waals surface area contributed by atoms with Gasteiger partial charge in [-0.05, 0) is 62.9 Å². The van der Waals surface area contributed by atoms with Crippen molar-refractivity contribution in [2.45, 2.75) is 31.7 Å². The molecule has 0 spiro atoms. The highest BCUT2D eigenvalue weighted by Crippen LogP contribution is 2.40. The molecular formula is C17H24FN3. The largest absolute Gasteiger partial charge is 0.368 e.